The minimum atomic E-state index is -1.30. The fourth-order valence-corrected chi connectivity index (χ4v) is 8.01. The van der Waals surface area contributed by atoms with Crippen LogP contribution < -0.4 is 4.90 Å². The second-order valence-electron chi connectivity index (χ2n) is 11.9. The fraction of sp³-hybridized carbons (Fsp3) is 0.457. The average molecular weight is 621 g/mol. The van der Waals surface area contributed by atoms with Crippen molar-refractivity contribution in [1.82, 2.24) is 4.90 Å². The Morgan fingerprint density at radius 3 is 2.57 bits per heavy atom. The Morgan fingerprint density at radius 1 is 1.18 bits per heavy atom. The van der Waals surface area contributed by atoms with E-state index in [-0.39, 0.29) is 13.2 Å². The van der Waals surface area contributed by atoms with Gasteiger partial charge in [0.15, 0.2) is 0 Å². The molecule has 2 aromatic carbocycles. The van der Waals surface area contributed by atoms with E-state index in [1.807, 2.05) is 56.3 Å². The van der Waals surface area contributed by atoms with Gasteiger partial charge in [-0.25, -0.2) is 0 Å². The van der Waals surface area contributed by atoms with E-state index in [0.29, 0.717) is 48.4 Å². The summed E-state index contributed by atoms with van der Waals surface area (Å²) in [4.78, 5) is 46.6. The molecule has 2 aromatic rings. The maximum Gasteiger partial charge on any atom is 0.312 e. The summed E-state index contributed by atoms with van der Waals surface area (Å²) in [5.41, 5.74) is -0.272. The molecule has 2 amide bonds. The van der Waals surface area contributed by atoms with Crippen LogP contribution in [0.4, 0.5) is 5.69 Å². The molecule has 8 nitrogen and oxygen atoms in total. The van der Waals surface area contributed by atoms with Crippen LogP contribution in [-0.2, 0) is 23.9 Å². The van der Waals surface area contributed by atoms with Gasteiger partial charge in [0, 0.05) is 6.54 Å². The number of esters is 1. The molecule has 6 atom stereocenters. The molecular formula is C35H41ClN2O6. The Kier molecular flexibility index (Phi) is 9.35. The number of aliphatic hydroxyl groups excluding tert-OH is 1. The summed E-state index contributed by atoms with van der Waals surface area (Å²) in [6.07, 6.45) is 6.07. The molecule has 9 heteroatoms. The molecule has 44 heavy (non-hydrogen) atoms. The molecule has 1 N–H and O–H groups in total. The van der Waals surface area contributed by atoms with Gasteiger partial charge in [0.05, 0.1) is 41.5 Å². The van der Waals surface area contributed by atoms with Gasteiger partial charge in [-0.15, -0.1) is 13.2 Å². The van der Waals surface area contributed by atoms with Crippen molar-refractivity contribution in [1.29, 1.82) is 0 Å². The van der Waals surface area contributed by atoms with Crippen LogP contribution in [0.3, 0.4) is 0 Å². The number of aryl methyl sites for hydroxylation is 1. The molecular weight excluding hydrogens is 580 g/mol. The number of allylic oxidation sites excluding steroid dienone is 1. The second-order valence-corrected chi connectivity index (χ2v) is 12.3. The summed E-state index contributed by atoms with van der Waals surface area (Å²) in [6, 6.07) is 12.5. The number of ether oxygens (including phenoxy) is 2. The van der Waals surface area contributed by atoms with Crippen LogP contribution in [-0.4, -0.2) is 64.8 Å². The first-order chi connectivity index (χ1) is 21.2. The molecule has 0 radical (unpaired) electrons. The Bertz CT molecular complexity index is 1410. The van der Waals surface area contributed by atoms with Crippen molar-refractivity contribution in [2.75, 3.05) is 24.7 Å². The first kappa shape index (κ1) is 31.9. The molecule has 3 fully saturated rings. The molecule has 0 aliphatic carbocycles. The van der Waals surface area contributed by atoms with Gasteiger partial charge in [0.1, 0.15) is 17.6 Å². The van der Waals surface area contributed by atoms with Crippen LogP contribution >= 0.6 is 11.6 Å². The lowest BCUT2D eigenvalue weighted by atomic mass is 9.65. The van der Waals surface area contributed by atoms with Crippen molar-refractivity contribution >= 4 is 35.1 Å². The highest BCUT2D eigenvalue weighted by Crippen LogP contribution is 2.65. The zero-order valence-electron chi connectivity index (χ0n) is 25.4. The van der Waals surface area contributed by atoms with E-state index < -0.39 is 59.5 Å². The SMILES string of the molecule is C=CCCCOC(=O)[C@@H]1[C@H]2C(=O)N([C@H](CO)c3ccccc3)C(C(=O)N(CC=C)c3c(C)cccc3Cl)C23CC[C@@]1(CC)O3. The Morgan fingerprint density at radius 2 is 1.93 bits per heavy atom. The number of carbonyl (C=O) groups excluding carboxylic acids is 3. The quantitative estimate of drug-likeness (QED) is 0.179. The molecule has 3 aliphatic rings. The lowest BCUT2D eigenvalue weighted by molar-refractivity contribution is -0.162. The number of benzene rings is 2. The zero-order chi connectivity index (χ0) is 31.6. The predicted molar refractivity (Wildman–Crippen MR) is 169 cm³/mol. The number of rotatable bonds is 13. The van der Waals surface area contributed by atoms with E-state index in [9.17, 15) is 14.7 Å². The van der Waals surface area contributed by atoms with E-state index in [2.05, 4.69) is 13.2 Å². The van der Waals surface area contributed by atoms with Crippen molar-refractivity contribution in [2.45, 2.75) is 69.2 Å². The number of amides is 2. The third kappa shape index (κ3) is 5.07. The van der Waals surface area contributed by atoms with Gasteiger partial charge in [-0.3, -0.25) is 14.4 Å². The molecule has 5 rings (SSSR count). The second kappa shape index (κ2) is 12.9. The van der Waals surface area contributed by atoms with E-state index in [4.69, 9.17) is 21.1 Å². The van der Waals surface area contributed by atoms with Crippen LogP contribution in [0.5, 0.6) is 0 Å². The van der Waals surface area contributed by atoms with Gasteiger partial charge in [0.2, 0.25) is 5.91 Å². The number of carbonyl (C=O) groups is 3. The van der Waals surface area contributed by atoms with Gasteiger partial charge in [0.25, 0.3) is 5.91 Å². The van der Waals surface area contributed by atoms with E-state index in [1.165, 1.54) is 4.90 Å². The highest BCUT2D eigenvalue weighted by molar-refractivity contribution is 6.34. The first-order valence-corrected chi connectivity index (χ1v) is 15.7. The number of halogens is 1. The maximum atomic E-state index is 15.0. The molecule has 3 aliphatic heterocycles. The topological polar surface area (TPSA) is 96.4 Å². The molecule has 1 spiro atoms. The van der Waals surface area contributed by atoms with Gasteiger partial charge in [-0.2, -0.15) is 0 Å². The first-order valence-electron chi connectivity index (χ1n) is 15.3. The van der Waals surface area contributed by atoms with Gasteiger partial charge in [-0.05, 0) is 56.2 Å². The number of hydrogen-bond acceptors (Lipinski definition) is 6. The average Bonchev–Trinajstić information content (AvgIpc) is 3.63. The zero-order valence-corrected chi connectivity index (χ0v) is 26.2. The minimum Gasteiger partial charge on any atom is -0.465 e. The summed E-state index contributed by atoms with van der Waals surface area (Å²) < 4.78 is 12.6. The smallest absolute Gasteiger partial charge is 0.312 e. The predicted octanol–water partition coefficient (Wildman–Crippen LogP) is 5.57. The van der Waals surface area contributed by atoms with Crippen molar-refractivity contribution in [2.24, 2.45) is 11.8 Å². The molecule has 0 saturated carbocycles. The largest absolute Gasteiger partial charge is 0.465 e. The lowest BCUT2D eigenvalue weighted by Crippen LogP contribution is -2.57. The molecule has 2 unspecified atom stereocenters. The summed E-state index contributed by atoms with van der Waals surface area (Å²) in [7, 11) is 0. The molecule has 2 bridgehead atoms. The Hall–Kier alpha value is -3.46. The van der Waals surface area contributed by atoms with Crippen molar-refractivity contribution < 1.29 is 29.0 Å². The van der Waals surface area contributed by atoms with Crippen LogP contribution in [0.25, 0.3) is 0 Å². The Balaban J connectivity index is 1.66. The standard InChI is InChI=1S/C35H41ClN2O6/c1-5-8-12-21-43-33(42)28-27-31(40)38(26(22-39)24-15-10-9-11-16-24)30(35(27)19-18-34(28,7-3)44-35)32(41)37(20-6-2)29-23(4)14-13-17-25(29)36/h5-6,9-11,13-17,26-28,30,39H,1-2,7-8,12,18-22H2,3-4H3/t26-,27+,28+,30?,34-,35?/m1/s1. The normalized spacial score (nSPS) is 27.6. The highest BCUT2D eigenvalue weighted by Gasteiger charge is 2.79. The van der Waals surface area contributed by atoms with Crippen molar-refractivity contribution in [3.8, 4) is 0 Å². The van der Waals surface area contributed by atoms with Crippen LogP contribution in [0.1, 0.15) is 56.2 Å². The third-order valence-corrected chi connectivity index (χ3v) is 9.94. The van der Waals surface area contributed by atoms with Crippen molar-refractivity contribution in [3.63, 3.8) is 0 Å². The number of nitrogens with zero attached hydrogens (tertiary/aromatic N) is 2. The number of aliphatic hydroxyl groups is 1. The number of likely N-dealkylation sites (tertiary alicyclic amines) is 1. The minimum absolute atomic E-state index is 0.130. The summed E-state index contributed by atoms with van der Waals surface area (Å²) in [5.74, 6) is -3.13. The summed E-state index contributed by atoms with van der Waals surface area (Å²) in [6.45, 7) is 11.3. The van der Waals surface area contributed by atoms with Crippen LogP contribution in [0.2, 0.25) is 5.02 Å². The van der Waals surface area contributed by atoms with Crippen molar-refractivity contribution in [3.05, 3.63) is 90.0 Å². The molecule has 3 saturated heterocycles. The monoisotopic (exact) mass is 620 g/mol. The Labute approximate surface area is 264 Å². The number of hydrogen-bond donors (Lipinski definition) is 1. The number of anilines is 1. The van der Waals surface area contributed by atoms with E-state index in [1.54, 1.807) is 23.1 Å². The fourth-order valence-electron chi connectivity index (χ4n) is 7.68. The van der Waals surface area contributed by atoms with E-state index >= 15 is 4.79 Å². The number of unbranched alkanes of at least 4 members (excludes halogenated alkanes) is 1. The highest BCUT2D eigenvalue weighted by atomic mass is 35.5. The number of fused-ring (bicyclic) bond motifs is 1. The van der Waals surface area contributed by atoms with E-state index in [0.717, 1.165) is 5.56 Å². The number of para-hydroxylation sites is 1. The third-order valence-electron chi connectivity index (χ3n) is 9.63. The summed E-state index contributed by atoms with van der Waals surface area (Å²) >= 11 is 6.68. The summed E-state index contributed by atoms with van der Waals surface area (Å²) in [5, 5.41) is 11.2. The van der Waals surface area contributed by atoms with Gasteiger partial charge >= 0.3 is 5.97 Å². The molecule has 234 valence electrons. The van der Waals surface area contributed by atoms with Crippen LogP contribution in [0, 0.1) is 18.8 Å². The van der Waals surface area contributed by atoms with Gasteiger partial charge < -0.3 is 24.4 Å². The van der Waals surface area contributed by atoms with Gasteiger partial charge in [-0.1, -0.05) is 73.1 Å². The lowest BCUT2D eigenvalue weighted by Gasteiger charge is -2.40. The molecule has 0 aromatic heterocycles. The maximum absolute atomic E-state index is 15.0. The molecule has 3 heterocycles. The van der Waals surface area contributed by atoms with Crippen LogP contribution in [0.15, 0.2) is 73.8 Å².